The molecule has 0 bridgehead atoms. The number of hydrogen-bond donors (Lipinski definition) is 0. The van der Waals surface area contributed by atoms with Crippen LogP contribution >= 0.6 is 27.5 Å². The first kappa shape index (κ1) is 19.9. The molecule has 0 spiro atoms. The van der Waals surface area contributed by atoms with Gasteiger partial charge in [-0.1, -0.05) is 82.1 Å². The van der Waals surface area contributed by atoms with Crippen molar-refractivity contribution in [2.24, 2.45) is 0 Å². The van der Waals surface area contributed by atoms with Crippen LogP contribution in [0.3, 0.4) is 0 Å². The van der Waals surface area contributed by atoms with Crippen LogP contribution in [0, 0.1) is 0 Å². The molecule has 2 heterocycles. The second-order valence-corrected chi connectivity index (χ2v) is 9.82. The zero-order valence-corrected chi connectivity index (χ0v) is 20.3. The number of hydrogen-bond acceptors (Lipinski definition) is 1. The fourth-order valence-corrected chi connectivity index (χ4v) is 5.97. The van der Waals surface area contributed by atoms with E-state index in [0.717, 1.165) is 48.7 Å². The van der Waals surface area contributed by atoms with Gasteiger partial charge in [0.1, 0.15) is 11.2 Å². The average Bonchev–Trinajstić information content (AvgIpc) is 3.39. The SMILES string of the molecule is Clc1cc(Br)cc(-c2cc3c4ccccc4n(-c4ccccc4)c3c3c2oc2ccccc23)c1. The number of furan rings is 1. The van der Waals surface area contributed by atoms with Crippen molar-refractivity contribution >= 4 is 71.3 Å². The molecule has 0 saturated carbocycles. The normalized spacial score (nSPS) is 11.8. The number of fused-ring (bicyclic) bond motifs is 7. The van der Waals surface area contributed by atoms with Crippen molar-refractivity contribution in [3.8, 4) is 16.8 Å². The Morgan fingerprint density at radius 3 is 2.26 bits per heavy atom. The first-order chi connectivity index (χ1) is 16.7. The molecule has 2 nitrogen and oxygen atoms in total. The molecule has 0 fully saturated rings. The molecular weight excluding hydrogens is 506 g/mol. The van der Waals surface area contributed by atoms with Gasteiger partial charge in [-0.05, 0) is 54.1 Å². The van der Waals surface area contributed by atoms with Gasteiger partial charge in [0, 0.05) is 36.9 Å². The highest BCUT2D eigenvalue weighted by molar-refractivity contribution is 9.10. The Morgan fingerprint density at radius 2 is 1.44 bits per heavy atom. The second-order valence-electron chi connectivity index (χ2n) is 8.47. The Kier molecular flexibility index (Phi) is 4.38. The minimum atomic E-state index is 0.681. The molecule has 0 aliphatic heterocycles. The molecule has 0 aliphatic carbocycles. The maximum absolute atomic E-state index is 6.54. The number of rotatable bonds is 2. The molecule has 0 radical (unpaired) electrons. The first-order valence-electron chi connectivity index (χ1n) is 11.1. The van der Waals surface area contributed by atoms with E-state index in [-0.39, 0.29) is 0 Å². The molecule has 0 amide bonds. The van der Waals surface area contributed by atoms with Gasteiger partial charge in [0.15, 0.2) is 0 Å². The molecule has 162 valence electrons. The van der Waals surface area contributed by atoms with Crippen molar-refractivity contribution in [2.45, 2.75) is 0 Å². The van der Waals surface area contributed by atoms with Crippen molar-refractivity contribution in [1.29, 1.82) is 0 Å². The Bertz CT molecular complexity index is 1860. The van der Waals surface area contributed by atoms with Crippen LogP contribution in [0.1, 0.15) is 0 Å². The van der Waals surface area contributed by atoms with E-state index in [0.29, 0.717) is 5.02 Å². The zero-order valence-electron chi connectivity index (χ0n) is 17.9. The number of halogens is 2. The molecule has 4 heteroatoms. The Morgan fingerprint density at radius 1 is 0.706 bits per heavy atom. The van der Waals surface area contributed by atoms with Crippen LogP contribution in [-0.2, 0) is 0 Å². The van der Waals surface area contributed by atoms with Crippen LogP contribution in [0.15, 0.2) is 112 Å². The summed E-state index contributed by atoms with van der Waals surface area (Å²) in [7, 11) is 0. The Labute approximate surface area is 209 Å². The summed E-state index contributed by atoms with van der Waals surface area (Å²) in [4.78, 5) is 0. The molecule has 2 aromatic heterocycles. The third-order valence-corrected chi connectivity index (χ3v) is 7.14. The monoisotopic (exact) mass is 521 g/mol. The average molecular weight is 523 g/mol. The van der Waals surface area contributed by atoms with Crippen molar-refractivity contribution in [3.63, 3.8) is 0 Å². The van der Waals surface area contributed by atoms with Gasteiger partial charge in [-0.25, -0.2) is 0 Å². The topological polar surface area (TPSA) is 18.1 Å². The molecule has 0 N–H and O–H groups in total. The minimum Gasteiger partial charge on any atom is -0.455 e. The van der Waals surface area contributed by atoms with Gasteiger partial charge in [-0.15, -0.1) is 0 Å². The zero-order chi connectivity index (χ0) is 22.8. The van der Waals surface area contributed by atoms with Crippen LogP contribution in [0.4, 0.5) is 0 Å². The van der Waals surface area contributed by atoms with E-state index in [4.69, 9.17) is 16.0 Å². The molecule has 0 aliphatic rings. The fraction of sp³-hybridized carbons (Fsp3) is 0. The lowest BCUT2D eigenvalue weighted by molar-refractivity contribution is 0.670. The van der Waals surface area contributed by atoms with Gasteiger partial charge in [-0.3, -0.25) is 0 Å². The molecular formula is C30H17BrClNO. The van der Waals surface area contributed by atoms with Crippen LogP contribution in [0.2, 0.25) is 5.02 Å². The van der Waals surface area contributed by atoms with E-state index in [1.807, 2.05) is 24.3 Å². The van der Waals surface area contributed by atoms with Crippen LogP contribution in [-0.4, -0.2) is 4.57 Å². The van der Waals surface area contributed by atoms with E-state index < -0.39 is 0 Å². The first-order valence-corrected chi connectivity index (χ1v) is 12.3. The summed E-state index contributed by atoms with van der Waals surface area (Å²) >= 11 is 10.1. The summed E-state index contributed by atoms with van der Waals surface area (Å²) < 4.78 is 9.83. The lowest BCUT2D eigenvalue weighted by Gasteiger charge is -2.10. The maximum Gasteiger partial charge on any atom is 0.145 e. The smallest absolute Gasteiger partial charge is 0.145 e. The molecule has 7 rings (SSSR count). The fourth-order valence-electron chi connectivity index (χ4n) is 5.11. The number of aromatic nitrogens is 1. The summed E-state index contributed by atoms with van der Waals surface area (Å²) in [5.41, 5.74) is 7.22. The van der Waals surface area contributed by atoms with E-state index in [2.05, 4.69) is 99.4 Å². The van der Waals surface area contributed by atoms with Crippen molar-refractivity contribution < 1.29 is 4.42 Å². The number of para-hydroxylation sites is 3. The van der Waals surface area contributed by atoms with Crippen LogP contribution in [0.5, 0.6) is 0 Å². The summed E-state index contributed by atoms with van der Waals surface area (Å²) in [6.45, 7) is 0. The molecule has 0 saturated heterocycles. The highest BCUT2D eigenvalue weighted by atomic mass is 79.9. The third-order valence-electron chi connectivity index (χ3n) is 6.47. The van der Waals surface area contributed by atoms with Crippen molar-refractivity contribution in [2.75, 3.05) is 0 Å². The van der Waals surface area contributed by atoms with Gasteiger partial charge >= 0.3 is 0 Å². The largest absolute Gasteiger partial charge is 0.455 e. The third kappa shape index (κ3) is 2.87. The van der Waals surface area contributed by atoms with Gasteiger partial charge in [-0.2, -0.15) is 0 Å². The Hall–Kier alpha value is -3.53. The number of benzene rings is 5. The molecule has 0 unspecified atom stereocenters. The standard InChI is InChI=1S/C30H17BrClNO/c31-19-14-18(15-20(32)16-19)24-17-25-22-10-4-6-12-26(22)33(21-8-2-1-3-9-21)29(25)28-23-11-5-7-13-27(23)34-30(24)28/h1-17H. The molecule has 0 atom stereocenters. The molecule has 7 aromatic rings. The maximum atomic E-state index is 6.54. The van der Waals surface area contributed by atoms with Gasteiger partial charge in [0.25, 0.3) is 0 Å². The van der Waals surface area contributed by atoms with E-state index in [1.54, 1.807) is 0 Å². The Balaban J connectivity index is 1.77. The quantitative estimate of drug-likeness (QED) is 0.221. The van der Waals surface area contributed by atoms with Crippen LogP contribution < -0.4 is 0 Å². The number of nitrogens with zero attached hydrogens (tertiary/aromatic N) is 1. The molecule has 5 aromatic carbocycles. The van der Waals surface area contributed by atoms with Crippen LogP contribution in [0.25, 0.3) is 60.6 Å². The summed E-state index contributed by atoms with van der Waals surface area (Å²) in [5.74, 6) is 0. The minimum absolute atomic E-state index is 0.681. The van der Waals surface area contributed by atoms with E-state index >= 15 is 0 Å². The van der Waals surface area contributed by atoms with Crippen molar-refractivity contribution in [3.05, 3.63) is 113 Å². The lowest BCUT2D eigenvalue weighted by atomic mass is 9.98. The summed E-state index contributed by atoms with van der Waals surface area (Å²) in [6, 6.07) is 35.6. The summed E-state index contributed by atoms with van der Waals surface area (Å²) in [5, 5.41) is 5.28. The van der Waals surface area contributed by atoms with E-state index in [1.165, 1.54) is 16.3 Å². The summed E-state index contributed by atoms with van der Waals surface area (Å²) in [6.07, 6.45) is 0. The predicted octanol–water partition coefficient (Wildman–Crippen LogP) is 9.77. The lowest BCUT2D eigenvalue weighted by Crippen LogP contribution is -1.94. The van der Waals surface area contributed by atoms with Gasteiger partial charge in [0.05, 0.1) is 16.4 Å². The second kappa shape index (κ2) is 7.49. The van der Waals surface area contributed by atoms with E-state index in [9.17, 15) is 0 Å². The predicted molar refractivity (Wildman–Crippen MR) is 146 cm³/mol. The highest BCUT2D eigenvalue weighted by Crippen LogP contribution is 2.45. The van der Waals surface area contributed by atoms with Crippen molar-refractivity contribution in [1.82, 2.24) is 4.57 Å². The highest BCUT2D eigenvalue weighted by Gasteiger charge is 2.22. The van der Waals surface area contributed by atoms with Gasteiger partial charge < -0.3 is 8.98 Å². The molecule has 34 heavy (non-hydrogen) atoms. The van der Waals surface area contributed by atoms with Gasteiger partial charge in [0.2, 0.25) is 0 Å².